The van der Waals surface area contributed by atoms with Crippen molar-refractivity contribution in [3.8, 4) is 0 Å². The highest BCUT2D eigenvalue weighted by Gasteiger charge is 2.06. The largest absolute Gasteiger partial charge is 0.355 e. The molecule has 0 bridgehead atoms. The van der Waals surface area contributed by atoms with Crippen LogP contribution in [-0.4, -0.2) is 0 Å². The summed E-state index contributed by atoms with van der Waals surface area (Å²) in [5.74, 6) is 0. The summed E-state index contributed by atoms with van der Waals surface area (Å²) in [6, 6.07) is 18.8. The Morgan fingerprint density at radius 2 is 1.58 bits per heavy atom. The molecule has 0 saturated heterocycles. The molecule has 0 aliphatic heterocycles. The van der Waals surface area contributed by atoms with Gasteiger partial charge in [0.2, 0.25) is 0 Å². The second kappa shape index (κ2) is 5.57. The molecule has 0 aromatic heterocycles. The van der Waals surface area contributed by atoms with E-state index >= 15 is 0 Å². The Bertz CT molecular complexity index is 609. The molecular formula is C18H17N. The van der Waals surface area contributed by atoms with Gasteiger partial charge >= 0.3 is 0 Å². The minimum atomic E-state index is 1.12. The van der Waals surface area contributed by atoms with E-state index in [2.05, 4.69) is 59.9 Å². The highest BCUT2D eigenvalue weighted by molar-refractivity contribution is 5.84. The van der Waals surface area contributed by atoms with E-state index in [0.29, 0.717) is 0 Å². The van der Waals surface area contributed by atoms with Crippen LogP contribution in [0.2, 0.25) is 0 Å². The predicted octanol–water partition coefficient (Wildman–Crippen LogP) is 5.16. The molecule has 0 heterocycles. The van der Waals surface area contributed by atoms with Crippen molar-refractivity contribution >= 4 is 16.9 Å². The summed E-state index contributed by atoms with van der Waals surface area (Å²) < 4.78 is 0. The zero-order chi connectivity index (χ0) is 12.9. The number of rotatable bonds is 3. The lowest BCUT2D eigenvalue weighted by molar-refractivity contribution is 1.04. The molecule has 19 heavy (non-hydrogen) atoms. The maximum atomic E-state index is 3.50. The Balaban J connectivity index is 1.94. The first kappa shape index (κ1) is 11.8. The van der Waals surface area contributed by atoms with Crippen molar-refractivity contribution in [3.63, 3.8) is 0 Å². The van der Waals surface area contributed by atoms with Gasteiger partial charge in [0, 0.05) is 16.9 Å². The van der Waals surface area contributed by atoms with E-state index in [1.54, 1.807) is 0 Å². The van der Waals surface area contributed by atoms with Crippen molar-refractivity contribution in [2.75, 3.05) is 5.32 Å². The van der Waals surface area contributed by atoms with Crippen LogP contribution in [0.25, 0.3) is 5.57 Å². The minimum absolute atomic E-state index is 1.12. The zero-order valence-electron chi connectivity index (χ0n) is 10.8. The first-order valence-electron chi connectivity index (χ1n) is 6.72. The fourth-order valence-electron chi connectivity index (χ4n) is 2.33. The van der Waals surface area contributed by atoms with Crippen LogP contribution in [0.5, 0.6) is 0 Å². The molecule has 1 nitrogen and oxygen atoms in total. The molecule has 0 atom stereocenters. The van der Waals surface area contributed by atoms with Crippen LogP contribution >= 0.6 is 0 Å². The van der Waals surface area contributed by atoms with Gasteiger partial charge in [0.15, 0.2) is 0 Å². The standard InChI is InChI=1S/C18H17N/c1-3-9-15(10-4-1)17-13-7-8-14-18(17)19-16-11-5-2-6-12-16/h2-3,5-14,19H,1,4H2. The van der Waals surface area contributed by atoms with E-state index in [4.69, 9.17) is 0 Å². The van der Waals surface area contributed by atoms with Crippen molar-refractivity contribution in [3.05, 3.63) is 78.4 Å². The molecular weight excluding hydrogens is 230 g/mol. The van der Waals surface area contributed by atoms with Gasteiger partial charge in [-0.05, 0) is 36.6 Å². The maximum Gasteiger partial charge on any atom is 0.0463 e. The molecule has 2 aromatic carbocycles. The van der Waals surface area contributed by atoms with Gasteiger partial charge < -0.3 is 5.32 Å². The lowest BCUT2D eigenvalue weighted by Crippen LogP contribution is -1.95. The van der Waals surface area contributed by atoms with Crippen LogP contribution in [-0.2, 0) is 0 Å². The van der Waals surface area contributed by atoms with Crippen molar-refractivity contribution in [2.45, 2.75) is 12.8 Å². The Kier molecular flexibility index (Phi) is 3.46. The number of para-hydroxylation sites is 2. The molecule has 0 radical (unpaired) electrons. The Morgan fingerprint density at radius 3 is 2.37 bits per heavy atom. The lowest BCUT2D eigenvalue weighted by Gasteiger charge is -2.14. The van der Waals surface area contributed by atoms with E-state index in [-0.39, 0.29) is 0 Å². The monoisotopic (exact) mass is 247 g/mol. The quantitative estimate of drug-likeness (QED) is 0.789. The lowest BCUT2D eigenvalue weighted by atomic mass is 9.98. The highest BCUT2D eigenvalue weighted by Crippen LogP contribution is 2.29. The third-order valence-electron chi connectivity index (χ3n) is 3.29. The summed E-state index contributed by atoms with van der Waals surface area (Å²) in [5.41, 5.74) is 4.86. The van der Waals surface area contributed by atoms with E-state index < -0.39 is 0 Å². The second-order valence-corrected chi connectivity index (χ2v) is 4.68. The predicted molar refractivity (Wildman–Crippen MR) is 82.5 cm³/mol. The molecule has 94 valence electrons. The highest BCUT2D eigenvalue weighted by atomic mass is 14.9. The van der Waals surface area contributed by atoms with Gasteiger partial charge in [-0.2, -0.15) is 0 Å². The molecule has 0 unspecified atom stereocenters. The summed E-state index contributed by atoms with van der Waals surface area (Å²) in [6.07, 6.45) is 9.05. The second-order valence-electron chi connectivity index (χ2n) is 4.68. The summed E-state index contributed by atoms with van der Waals surface area (Å²) in [4.78, 5) is 0. The molecule has 1 N–H and O–H groups in total. The topological polar surface area (TPSA) is 12.0 Å². The van der Waals surface area contributed by atoms with Gasteiger partial charge in [-0.1, -0.05) is 54.6 Å². The van der Waals surface area contributed by atoms with Gasteiger partial charge in [0.05, 0.1) is 0 Å². The minimum Gasteiger partial charge on any atom is -0.355 e. The SMILES string of the molecule is C1=CC(c2ccccc2Nc2ccccc2)=CCC1. The van der Waals surface area contributed by atoms with Crippen molar-refractivity contribution in [1.29, 1.82) is 0 Å². The van der Waals surface area contributed by atoms with Crippen LogP contribution in [0.4, 0.5) is 11.4 Å². The van der Waals surface area contributed by atoms with E-state index in [0.717, 1.165) is 24.2 Å². The molecule has 1 heteroatoms. The smallest absolute Gasteiger partial charge is 0.0463 e. The fourth-order valence-corrected chi connectivity index (χ4v) is 2.33. The molecule has 0 spiro atoms. The zero-order valence-corrected chi connectivity index (χ0v) is 10.8. The summed E-state index contributed by atoms with van der Waals surface area (Å²) in [5, 5.41) is 3.50. The van der Waals surface area contributed by atoms with Gasteiger partial charge in [0.1, 0.15) is 0 Å². The molecule has 0 fully saturated rings. The number of anilines is 2. The first-order chi connectivity index (χ1) is 9.43. The summed E-state index contributed by atoms with van der Waals surface area (Å²) in [7, 11) is 0. The van der Waals surface area contributed by atoms with E-state index in [1.165, 1.54) is 11.1 Å². The van der Waals surface area contributed by atoms with Gasteiger partial charge in [0.25, 0.3) is 0 Å². The first-order valence-corrected chi connectivity index (χ1v) is 6.72. The molecule has 3 rings (SSSR count). The molecule has 0 saturated carbocycles. The van der Waals surface area contributed by atoms with Crippen LogP contribution in [0, 0.1) is 0 Å². The molecule has 2 aromatic rings. The van der Waals surface area contributed by atoms with Crippen molar-refractivity contribution in [2.24, 2.45) is 0 Å². The van der Waals surface area contributed by atoms with Crippen LogP contribution < -0.4 is 5.32 Å². The van der Waals surface area contributed by atoms with Crippen LogP contribution in [0.1, 0.15) is 18.4 Å². The number of hydrogen-bond acceptors (Lipinski definition) is 1. The van der Waals surface area contributed by atoms with E-state index in [1.807, 2.05) is 18.2 Å². The molecule has 1 aliphatic rings. The molecule has 1 aliphatic carbocycles. The summed E-state index contributed by atoms with van der Waals surface area (Å²) in [6.45, 7) is 0. The van der Waals surface area contributed by atoms with Crippen molar-refractivity contribution in [1.82, 2.24) is 0 Å². The number of hydrogen-bond donors (Lipinski definition) is 1. The van der Waals surface area contributed by atoms with Crippen LogP contribution in [0.15, 0.2) is 72.8 Å². The fraction of sp³-hybridized carbons (Fsp3) is 0.111. The van der Waals surface area contributed by atoms with E-state index in [9.17, 15) is 0 Å². The summed E-state index contributed by atoms with van der Waals surface area (Å²) >= 11 is 0. The van der Waals surface area contributed by atoms with Crippen LogP contribution in [0.3, 0.4) is 0 Å². The average Bonchev–Trinajstić information content (AvgIpc) is 2.50. The number of benzene rings is 2. The normalized spacial score (nSPS) is 14.0. The third kappa shape index (κ3) is 2.76. The Hall–Kier alpha value is -2.28. The maximum absolute atomic E-state index is 3.50. The Labute approximate surface area is 114 Å². The number of nitrogens with one attached hydrogen (secondary N) is 1. The van der Waals surface area contributed by atoms with Crippen molar-refractivity contribution < 1.29 is 0 Å². The molecule has 0 amide bonds. The third-order valence-corrected chi connectivity index (χ3v) is 3.29. The van der Waals surface area contributed by atoms with Gasteiger partial charge in [-0.15, -0.1) is 0 Å². The Morgan fingerprint density at radius 1 is 0.789 bits per heavy atom. The number of allylic oxidation sites excluding steroid dienone is 4. The van der Waals surface area contributed by atoms with Gasteiger partial charge in [-0.25, -0.2) is 0 Å². The van der Waals surface area contributed by atoms with Gasteiger partial charge in [-0.3, -0.25) is 0 Å². The average molecular weight is 247 g/mol.